The second-order valence-electron chi connectivity index (χ2n) is 6.73. The van der Waals surface area contributed by atoms with E-state index in [0.717, 1.165) is 23.7 Å². The molecule has 0 heterocycles. The van der Waals surface area contributed by atoms with Gasteiger partial charge in [0.25, 0.3) is 0 Å². The average molecular weight is 268 g/mol. The van der Waals surface area contributed by atoms with E-state index >= 15 is 0 Å². The Balaban J connectivity index is 2.49. The van der Waals surface area contributed by atoms with Gasteiger partial charge in [-0.1, -0.05) is 53.4 Å². The van der Waals surface area contributed by atoms with Gasteiger partial charge >= 0.3 is 0 Å². The molecule has 1 aliphatic rings. The Labute approximate surface area is 121 Å². The van der Waals surface area contributed by atoms with Gasteiger partial charge in [0.1, 0.15) is 0 Å². The molecule has 1 N–H and O–H groups in total. The van der Waals surface area contributed by atoms with Crippen LogP contribution in [0.1, 0.15) is 79.1 Å². The lowest BCUT2D eigenvalue weighted by Gasteiger charge is -2.38. The third-order valence-electron chi connectivity index (χ3n) is 5.45. The summed E-state index contributed by atoms with van der Waals surface area (Å²) in [6, 6.07) is 0. The van der Waals surface area contributed by atoms with Crippen molar-refractivity contribution in [3.8, 4) is 0 Å². The van der Waals surface area contributed by atoms with E-state index in [1.807, 2.05) is 0 Å². The second-order valence-corrected chi connectivity index (χ2v) is 6.73. The molecule has 0 aliphatic heterocycles. The van der Waals surface area contributed by atoms with Gasteiger partial charge in [0.05, 0.1) is 0 Å². The van der Waals surface area contributed by atoms with Gasteiger partial charge in [-0.05, 0) is 62.4 Å². The van der Waals surface area contributed by atoms with Crippen LogP contribution >= 0.6 is 0 Å². The summed E-state index contributed by atoms with van der Waals surface area (Å²) in [6.07, 6.45) is 11.4. The second kappa shape index (κ2) is 9.80. The molecule has 1 heteroatoms. The molecule has 0 aromatic carbocycles. The zero-order valence-corrected chi connectivity index (χ0v) is 13.9. The summed E-state index contributed by atoms with van der Waals surface area (Å²) >= 11 is 0. The van der Waals surface area contributed by atoms with Crippen molar-refractivity contribution in [1.29, 1.82) is 0 Å². The van der Waals surface area contributed by atoms with E-state index in [-0.39, 0.29) is 0 Å². The molecule has 1 fully saturated rings. The van der Waals surface area contributed by atoms with Crippen molar-refractivity contribution in [3.63, 3.8) is 0 Å². The predicted molar refractivity (Wildman–Crippen MR) is 86.5 cm³/mol. The molecule has 3 unspecified atom stereocenters. The summed E-state index contributed by atoms with van der Waals surface area (Å²) < 4.78 is 0. The van der Waals surface area contributed by atoms with Crippen molar-refractivity contribution in [2.24, 2.45) is 23.7 Å². The van der Waals surface area contributed by atoms with Crippen LogP contribution < -0.4 is 5.32 Å². The lowest BCUT2D eigenvalue weighted by atomic mass is 9.69. The van der Waals surface area contributed by atoms with Crippen LogP contribution in [0.5, 0.6) is 0 Å². The summed E-state index contributed by atoms with van der Waals surface area (Å²) in [5.41, 5.74) is 0. The van der Waals surface area contributed by atoms with Crippen LogP contribution in [0.3, 0.4) is 0 Å². The molecule has 0 aromatic rings. The van der Waals surface area contributed by atoms with Gasteiger partial charge in [-0.3, -0.25) is 0 Å². The van der Waals surface area contributed by atoms with Crippen molar-refractivity contribution < 1.29 is 0 Å². The van der Waals surface area contributed by atoms with Crippen molar-refractivity contribution in [3.05, 3.63) is 0 Å². The van der Waals surface area contributed by atoms with E-state index in [2.05, 4.69) is 33.0 Å². The van der Waals surface area contributed by atoms with Crippen LogP contribution in [-0.2, 0) is 0 Å². The summed E-state index contributed by atoms with van der Waals surface area (Å²) in [6.45, 7) is 11.9. The maximum atomic E-state index is 3.68. The first-order valence-electron chi connectivity index (χ1n) is 8.95. The average Bonchev–Trinajstić information content (AvgIpc) is 2.46. The summed E-state index contributed by atoms with van der Waals surface area (Å²) in [5.74, 6) is 3.93. The fourth-order valence-corrected chi connectivity index (χ4v) is 3.87. The normalized spacial score (nSPS) is 27.9. The first-order chi connectivity index (χ1) is 9.24. The Kier molecular flexibility index (Phi) is 8.77. The highest BCUT2D eigenvalue weighted by atomic mass is 14.9. The zero-order chi connectivity index (χ0) is 14.1. The largest absolute Gasteiger partial charge is 0.316 e. The molecule has 114 valence electrons. The quantitative estimate of drug-likeness (QED) is 0.562. The lowest BCUT2D eigenvalue weighted by molar-refractivity contribution is 0.142. The van der Waals surface area contributed by atoms with Crippen LogP contribution in [0.25, 0.3) is 0 Å². The molecule has 0 amide bonds. The minimum Gasteiger partial charge on any atom is -0.316 e. The van der Waals surface area contributed by atoms with Crippen molar-refractivity contribution in [2.45, 2.75) is 79.1 Å². The predicted octanol–water partition coefficient (Wildman–Crippen LogP) is 5.25. The molecular weight excluding hydrogens is 230 g/mol. The van der Waals surface area contributed by atoms with E-state index in [1.165, 1.54) is 64.5 Å². The highest BCUT2D eigenvalue weighted by Gasteiger charge is 2.30. The standard InChI is InChI=1S/C18H37N/c1-5-11-19-14-17-10-9-16(8-4)13-18(17)12-15(6-2)7-3/h15-19H,5-14H2,1-4H3. The molecule has 1 saturated carbocycles. The van der Waals surface area contributed by atoms with Crippen molar-refractivity contribution in [1.82, 2.24) is 5.32 Å². The summed E-state index contributed by atoms with van der Waals surface area (Å²) in [5, 5.41) is 3.68. The smallest absolute Gasteiger partial charge is 0.00179 e. The summed E-state index contributed by atoms with van der Waals surface area (Å²) in [7, 11) is 0. The molecule has 0 bridgehead atoms. The number of hydrogen-bond donors (Lipinski definition) is 1. The molecule has 1 rings (SSSR count). The molecular formula is C18H37N. The Morgan fingerprint density at radius 3 is 2.32 bits per heavy atom. The van der Waals surface area contributed by atoms with Gasteiger partial charge in [0.2, 0.25) is 0 Å². The molecule has 1 aliphatic carbocycles. The topological polar surface area (TPSA) is 12.0 Å². The van der Waals surface area contributed by atoms with Crippen LogP contribution in [0.15, 0.2) is 0 Å². The van der Waals surface area contributed by atoms with Crippen molar-refractivity contribution >= 4 is 0 Å². The minimum absolute atomic E-state index is 0.954. The first kappa shape index (κ1) is 17.0. The van der Waals surface area contributed by atoms with Crippen LogP contribution in [0.2, 0.25) is 0 Å². The fraction of sp³-hybridized carbons (Fsp3) is 1.00. The maximum Gasteiger partial charge on any atom is -0.00179 e. The summed E-state index contributed by atoms with van der Waals surface area (Å²) in [4.78, 5) is 0. The third kappa shape index (κ3) is 5.85. The van der Waals surface area contributed by atoms with Gasteiger partial charge in [0.15, 0.2) is 0 Å². The highest BCUT2D eigenvalue weighted by molar-refractivity contribution is 4.82. The van der Waals surface area contributed by atoms with E-state index in [4.69, 9.17) is 0 Å². The van der Waals surface area contributed by atoms with Crippen molar-refractivity contribution in [2.75, 3.05) is 13.1 Å². The molecule has 0 aromatic heterocycles. The molecule has 1 nitrogen and oxygen atoms in total. The van der Waals surface area contributed by atoms with Gasteiger partial charge in [-0.2, -0.15) is 0 Å². The number of nitrogens with one attached hydrogen (secondary N) is 1. The maximum absolute atomic E-state index is 3.68. The Morgan fingerprint density at radius 1 is 1.00 bits per heavy atom. The fourth-order valence-electron chi connectivity index (χ4n) is 3.87. The molecule has 0 radical (unpaired) electrons. The van der Waals surface area contributed by atoms with Crippen LogP contribution in [0, 0.1) is 23.7 Å². The first-order valence-corrected chi connectivity index (χ1v) is 8.95. The SMILES string of the molecule is CCCNCC1CCC(CC)CC1CC(CC)CC. The molecule has 3 atom stereocenters. The van der Waals surface area contributed by atoms with E-state index in [0.29, 0.717) is 0 Å². The Bertz CT molecular complexity index is 208. The number of hydrogen-bond acceptors (Lipinski definition) is 1. The third-order valence-corrected chi connectivity index (χ3v) is 5.45. The van der Waals surface area contributed by atoms with E-state index in [1.54, 1.807) is 0 Å². The number of rotatable bonds is 9. The van der Waals surface area contributed by atoms with E-state index in [9.17, 15) is 0 Å². The van der Waals surface area contributed by atoms with Gasteiger partial charge in [0, 0.05) is 0 Å². The van der Waals surface area contributed by atoms with Crippen LogP contribution in [-0.4, -0.2) is 13.1 Å². The molecule has 0 saturated heterocycles. The van der Waals surface area contributed by atoms with E-state index < -0.39 is 0 Å². The van der Waals surface area contributed by atoms with Crippen LogP contribution in [0.4, 0.5) is 0 Å². The zero-order valence-electron chi connectivity index (χ0n) is 13.9. The Morgan fingerprint density at radius 2 is 1.74 bits per heavy atom. The lowest BCUT2D eigenvalue weighted by Crippen LogP contribution is -2.34. The van der Waals surface area contributed by atoms with Gasteiger partial charge in [-0.25, -0.2) is 0 Å². The monoisotopic (exact) mass is 267 g/mol. The van der Waals surface area contributed by atoms with Gasteiger partial charge in [-0.15, -0.1) is 0 Å². The minimum atomic E-state index is 0.954. The molecule has 0 spiro atoms. The Hall–Kier alpha value is -0.0400. The highest BCUT2D eigenvalue weighted by Crippen LogP contribution is 2.39. The van der Waals surface area contributed by atoms with Gasteiger partial charge < -0.3 is 5.32 Å². The molecule has 19 heavy (non-hydrogen) atoms.